The van der Waals surface area contributed by atoms with Gasteiger partial charge in [-0.15, -0.1) is 0 Å². The molecule has 0 spiro atoms. The fourth-order valence-electron chi connectivity index (χ4n) is 6.20. The number of hydrogen-bond donors (Lipinski definition) is 0. The van der Waals surface area contributed by atoms with Crippen molar-refractivity contribution in [3.8, 4) is 22.5 Å². The van der Waals surface area contributed by atoms with Crippen LogP contribution in [0.3, 0.4) is 0 Å². The van der Waals surface area contributed by atoms with E-state index in [0.29, 0.717) is 5.71 Å². The van der Waals surface area contributed by atoms with Gasteiger partial charge in [-0.3, -0.25) is 15.0 Å². The van der Waals surface area contributed by atoms with E-state index in [-0.39, 0.29) is 0 Å². The van der Waals surface area contributed by atoms with Gasteiger partial charge in [0.1, 0.15) is 16.7 Å². The number of pyridine rings is 4. The lowest BCUT2D eigenvalue weighted by molar-refractivity contribution is 0.595. The Kier molecular flexibility index (Phi) is 5.72. The van der Waals surface area contributed by atoms with E-state index >= 15 is 0 Å². The molecule has 0 unspecified atom stereocenters. The van der Waals surface area contributed by atoms with Crippen LogP contribution in [-0.2, 0) is 5.41 Å². The van der Waals surface area contributed by atoms with Gasteiger partial charge < -0.3 is 8.83 Å². The second-order valence-electron chi connectivity index (χ2n) is 12.2. The first-order chi connectivity index (χ1) is 21.3. The van der Waals surface area contributed by atoms with Gasteiger partial charge in [0.15, 0.2) is 0 Å². The maximum atomic E-state index is 6.33. The molecule has 0 radical (unpaired) electrons. The fraction of sp³-hybridized carbons (Fsp3) is 0.158. The Morgan fingerprint density at radius 2 is 1.20 bits per heavy atom. The van der Waals surface area contributed by atoms with E-state index in [9.17, 15) is 0 Å². The zero-order valence-corrected chi connectivity index (χ0v) is 25.3. The van der Waals surface area contributed by atoms with E-state index in [0.717, 1.165) is 89.0 Å². The molecule has 0 amide bonds. The lowest BCUT2D eigenvalue weighted by atomic mass is 9.83. The van der Waals surface area contributed by atoms with Crippen LogP contribution in [0.4, 0.5) is 0 Å². The molecule has 8 rings (SSSR count). The summed E-state index contributed by atoms with van der Waals surface area (Å²) in [5.74, 6) is 0. The van der Waals surface area contributed by atoms with Crippen molar-refractivity contribution in [3.63, 3.8) is 0 Å². The number of rotatable bonds is 4. The maximum absolute atomic E-state index is 6.33. The third kappa shape index (κ3) is 4.09. The number of aryl methyl sites for hydroxylation is 3. The number of hydrogen-bond acceptors (Lipinski definition) is 6. The first-order valence-electron chi connectivity index (χ1n) is 14.8. The molecule has 2 aromatic carbocycles. The van der Waals surface area contributed by atoms with Crippen LogP contribution in [-0.4, -0.2) is 19.9 Å². The van der Waals surface area contributed by atoms with E-state index < -0.39 is 5.41 Å². The molecule has 0 aliphatic heterocycles. The number of benzene rings is 2. The highest BCUT2D eigenvalue weighted by Crippen LogP contribution is 2.39. The Labute approximate surface area is 254 Å². The van der Waals surface area contributed by atoms with Crippen molar-refractivity contribution in [1.29, 1.82) is 0 Å². The van der Waals surface area contributed by atoms with Crippen molar-refractivity contribution < 1.29 is 8.83 Å². The van der Waals surface area contributed by atoms with E-state index in [1.165, 1.54) is 0 Å². The van der Waals surface area contributed by atoms with Gasteiger partial charge in [-0.2, -0.15) is 0 Å². The Bertz CT molecular complexity index is 2410. The number of furan rings is 2. The maximum Gasteiger partial charge on any atom is 0.227 e. The van der Waals surface area contributed by atoms with Crippen LogP contribution in [0.1, 0.15) is 42.1 Å². The molecule has 0 aliphatic rings. The van der Waals surface area contributed by atoms with Crippen LogP contribution in [0, 0.1) is 20.8 Å². The van der Waals surface area contributed by atoms with Gasteiger partial charge in [-0.25, -0.2) is 4.98 Å². The second kappa shape index (κ2) is 9.58. The second-order valence-corrected chi connectivity index (χ2v) is 12.2. The summed E-state index contributed by atoms with van der Waals surface area (Å²) in [6.45, 7) is 10.6. The summed E-state index contributed by atoms with van der Waals surface area (Å²) < 4.78 is 12.7. The van der Waals surface area contributed by atoms with Crippen molar-refractivity contribution in [1.82, 2.24) is 19.9 Å². The highest BCUT2D eigenvalue weighted by molar-refractivity contribution is 6.09. The predicted octanol–water partition coefficient (Wildman–Crippen LogP) is 9.65. The molecule has 0 saturated carbocycles. The van der Waals surface area contributed by atoms with Gasteiger partial charge >= 0.3 is 0 Å². The summed E-state index contributed by atoms with van der Waals surface area (Å²) in [7, 11) is 0. The van der Waals surface area contributed by atoms with Crippen LogP contribution in [0.5, 0.6) is 0 Å². The van der Waals surface area contributed by atoms with Gasteiger partial charge in [-0.05, 0) is 100 Å². The predicted molar refractivity (Wildman–Crippen MR) is 176 cm³/mol. The summed E-state index contributed by atoms with van der Waals surface area (Å²) in [5, 5.41) is 4.08. The summed E-state index contributed by atoms with van der Waals surface area (Å²) in [4.78, 5) is 19.4. The zero-order chi connectivity index (χ0) is 30.2. The van der Waals surface area contributed by atoms with Crippen molar-refractivity contribution in [3.05, 3.63) is 119 Å². The zero-order valence-electron chi connectivity index (χ0n) is 25.3. The molecule has 0 bridgehead atoms. The SMILES string of the molecule is Cc1cc(-c2cccc3c2oc2ccncc23)nc(C(C)(C)c2cc(C)cc(-c3cccc4c3oc3nc(C)ccc34)n2)c1. The van der Waals surface area contributed by atoms with Crippen molar-refractivity contribution in [2.75, 3.05) is 0 Å². The topological polar surface area (TPSA) is 77.8 Å². The van der Waals surface area contributed by atoms with Gasteiger partial charge in [0, 0.05) is 56.2 Å². The molecule has 44 heavy (non-hydrogen) atoms. The molecule has 6 heteroatoms. The average molecular weight is 575 g/mol. The molecule has 8 aromatic rings. The minimum atomic E-state index is -0.492. The smallest absolute Gasteiger partial charge is 0.227 e. The average Bonchev–Trinajstić information content (AvgIpc) is 3.58. The molecule has 0 atom stereocenters. The van der Waals surface area contributed by atoms with Gasteiger partial charge in [0.05, 0.1) is 22.8 Å². The molecular formula is C38H30N4O2. The Morgan fingerprint density at radius 3 is 1.86 bits per heavy atom. The van der Waals surface area contributed by atoms with E-state index in [2.05, 4.69) is 104 Å². The third-order valence-corrected chi connectivity index (χ3v) is 8.57. The largest absolute Gasteiger partial charge is 0.455 e. The Hall–Kier alpha value is -5.36. The molecule has 0 aliphatic carbocycles. The van der Waals surface area contributed by atoms with E-state index in [4.69, 9.17) is 18.8 Å². The normalized spacial score (nSPS) is 12.2. The number of fused-ring (bicyclic) bond motifs is 6. The summed E-state index contributed by atoms with van der Waals surface area (Å²) in [6, 6.07) is 27.0. The molecule has 0 fully saturated rings. The van der Waals surface area contributed by atoms with Crippen LogP contribution in [0.2, 0.25) is 0 Å². The third-order valence-electron chi connectivity index (χ3n) is 8.57. The molecule has 6 heterocycles. The minimum Gasteiger partial charge on any atom is -0.455 e. The van der Waals surface area contributed by atoms with Crippen LogP contribution in [0.25, 0.3) is 66.5 Å². The van der Waals surface area contributed by atoms with Gasteiger partial charge in [0.25, 0.3) is 0 Å². The van der Waals surface area contributed by atoms with Gasteiger partial charge in [0.2, 0.25) is 5.71 Å². The highest BCUT2D eigenvalue weighted by Gasteiger charge is 2.29. The molecule has 0 saturated heterocycles. The monoisotopic (exact) mass is 574 g/mol. The minimum absolute atomic E-state index is 0.492. The molecule has 6 aromatic heterocycles. The van der Waals surface area contributed by atoms with Crippen molar-refractivity contribution in [2.45, 2.75) is 40.0 Å². The highest BCUT2D eigenvalue weighted by atomic mass is 16.3. The lowest BCUT2D eigenvalue weighted by Crippen LogP contribution is -2.23. The number of para-hydroxylation sites is 2. The van der Waals surface area contributed by atoms with Gasteiger partial charge in [-0.1, -0.05) is 24.3 Å². The Morgan fingerprint density at radius 1 is 0.591 bits per heavy atom. The number of aromatic nitrogens is 4. The summed E-state index contributed by atoms with van der Waals surface area (Å²) in [6.07, 6.45) is 3.61. The van der Waals surface area contributed by atoms with Crippen LogP contribution < -0.4 is 0 Å². The quantitative estimate of drug-likeness (QED) is 0.208. The first-order valence-corrected chi connectivity index (χ1v) is 14.8. The van der Waals surface area contributed by atoms with E-state index in [1.807, 2.05) is 25.3 Å². The summed E-state index contributed by atoms with van der Waals surface area (Å²) >= 11 is 0. The van der Waals surface area contributed by atoms with Crippen LogP contribution in [0.15, 0.2) is 100 Å². The van der Waals surface area contributed by atoms with Crippen molar-refractivity contribution >= 4 is 44.0 Å². The Balaban J connectivity index is 1.26. The number of nitrogens with zero attached hydrogens (tertiary/aromatic N) is 4. The molecular weight excluding hydrogens is 544 g/mol. The first kappa shape index (κ1) is 26.3. The van der Waals surface area contributed by atoms with E-state index in [1.54, 1.807) is 6.20 Å². The van der Waals surface area contributed by atoms with Crippen molar-refractivity contribution in [2.24, 2.45) is 0 Å². The van der Waals surface area contributed by atoms with Crippen LogP contribution >= 0.6 is 0 Å². The summed E-state index contributed by atoms with van der Waals surface area (Å²) in [5.41, 5.74) is 11.3. The molecule has 6 nitrogen and oxygen atoms in total. The fourth-order valence-corrected chi connectivity index (χ4v) is 6.20. The molecule has 0 N–H and O–H groups in total. The lowest BCUT2D eigenvalue weighted by Gasteiger charge is -2.26. The standard InChI is InChI=1S/C38H30N4O2/c1-21-16-30(27-10-7-9-25-29-20-39-15-14-32(29)43-35(25)27)41-33(18-21)38(4,5)34-19-22(2)17-31(42-34)28-11-6-8-24-26-13-12-23(3)40-37(26)44-36(24)28/h6-20H,1-5H3. The molecule has 214 valence electrons.